The molecule has 0 radical (unpaired) electrons. The lowest BCUT2D eigenvalue weighted by Gasteiger charge is -2.11. The summed E-state index contributed by atoms with van der Waals surface area (Å²) in [5.41, 5.74) is 2.97. The van der Waals surface area contributed by atoms with E-state index in [9.17, 15) is 8.78 Å². The van der Waals surface area contributed by atoms with Crippen LogP contribution in [0.1, 0.15) is 22.1 Å². The van der Waals surface area contributed by atoms with Gasteiger partial charge in [-0.15, -0.1) is 11.6 Å². The van der Waals surface area contributed by atoms with Crippen molar-refractivity contribution < 1.29 is 13.5 Å². The van der Waals surface area contributed by atoms with Gasteiger partial charge in [0.1, 0.15) is 5.75 Å². The van der Waals surface area contributed by atoms with E-state index in [1.54, 1.807) is 12.1 Å². The topological polar surface area (TPSA) is 9.23 Å². The molecule has 1 unspecified atom stereocenters. The summed E-state index contributed by atoms with van der Waals surface area (Å²) in [5.74, 6) is 0.131. The lowest BCUT2D eigenvalue weighted by atomic mass is 10.0. The maximum atomic E-state index is 12.0. The summed E-state index contributed by atoms with van der Waals surface area (Å²) in [5, 5.41) is -0.304. The van der Waals surface area contributed by atoms with Crippen LogP contribution in [-0.2, 0) is 0 Å². The van der Waals surface area contributed by atoms with Gasteiger partial charge in [-0.3, -0.25) is 0 Å². The molecule has 2 aromatic rings. The molecule has 2 aromatic carbocycles. The summed E-state index contributed by atoms with van der Waals surface area (Å²) in [6.45, 7) is -0.807. The number of hydrogen-bond donors (Lipinski definition) is 0. The molecule has 0 N–H and O–H groups in total. The quantitative estimate of drug-likeness (QED) is 0.723. The Morgan fingerprint density at radius 2 is 1.37 bits per heavy atom. The van der Waals surface area contributed by atoms with Crippen molar-refractivity contribution in [3.8, 4) is 5.75 Å². The number of aryl methyl sites for hydroxylation is 1. The Morgan fingerprint density at radius 3 is 1.84 bits per heavy atom. The average Bonchev–Trinajstić information content (AvgIpc) is 2.39. The van der Waals surface area contributed by atoms with Crippen molar-refractivity contribution in [1.29, 1.82) is 0 Å². The largest absolute Gasteiger partial charge is 0.435 e. The number of rotatable bonds is 4. The van der Waals surface area contributed by atoms with Crippen LogP contribution < -0.4 is 4.74 Å². The molecule has 19 heavy (non-hydrogen) atoms. The van der Waals surface area contributed by atoms with Crippen molar-refractivity contribution in [2.45, 2.75) is 18.9 Å². The van der Waals surface area contributed by atoms with Crippen LogP contribution in [0.3, 0.4) is 0 Å². The minimum atomic E-state index is -2.81. The number of benzene rings is 2. The Balaban J connectivity index is 2.15. The number of halogens is 3. The second kappa shape index (κ2) is 6.02. The molecule has 0 amide bonds. The van der Waals surface area contributed by atoms with Gasteiger partial charge in [0.05, 0.1) is 5.38 Å². The van der Waals surface area contributed by atoms with Gasteiger partial charge in [0, 0.05) is 0 Å². The summed E-state index contributed by atoms with van der Waals surface area (Å²) in [6.07, 6.45) is 0. The molecule has 1 atom stereocenters. The zero-order valence-corrected chi connectivity index (χ0v) is 11.1. The van der Waals surface area contributed by atoms with Crippen molar-refractivity contribution >= 4 is 11.6 Å². The first-order valence-electron chi connectivity index (χ1n) is 5.81. The Bertz CT molecular complexity index is 523. The molecule has 2 rings (SSSR count). The van der Waals surface area contributed by atoms with Crippen LogP contribution in [0.15, 0.2) is 48.5 Å². The fraction of sp³-hybridized carbons (Fsp3) is 0.200. The highest BCUT2D eigenvalue weighted by molar-refractivity contribution is 6.22. The van der Waals surface area contributed by atoms with E-state index >= 15 is 0 Å². The third-order valence-electron chi connectivity index (χ3n) is 2.77. The van der Waals surface area contributed by atoms with Gasteiger partial charge in [-0.25, -0.2) is 0 Å². The van der Waals surface area contributed by atoms with E-state index < -0.39 is 6.61 Å². The zero-order valence-electron chi connectivity index (χ0n) is 10.3. The molecular formula is C15H13ClF2O. The molecule has 0 saturated heterocycles. The first-order valence-corrected chi connectivity index (χ1v) is 6.25. The van der Waals surface area contributed by atoms with Crippen molar-refractivity contribution in [3.05, 3.63) is 65.2 Å². The van der Waals surface area contributed by atoms with Crippen LogP contribution in [0.5, 0.6) is 5.75 Å². The van der Waals surface area contributed by atoms with Crippen molar-refractivity contribution in [1.82, 2.24) is 0 Å². The van der Waals surface area contributed by atoms with E-state index in [0.29, 0.717) is 0 Å². The first kappa shape index (κ1) is 13.8. The van der Waals surface area contributed by atoms with Gasteiger partial charge < -0.3 is 4.74 Å². The molecule has 0 aliphatic heterocycles. The molecule has 0 bridgehead atoms. The smallest absolute Gasteiger partial charge is 0.387 e. The SMILES string of the molecule is Cc1ccc(C(Cl)c2ccc(OC(F)F)cc2)cc1. The Kier molecular flexibility index (Phi) is 4.38. The lowest BCUT2D eigenvalue weighted by Crippen LogP contribution is -2.02. The monoisotopic (exact) mass is 282 g/mol. The predicted molar refractivity (Wildman–Crippen MR) is 71.9 cm³/mol. The number of alkyl halides is 3. The standard InChI is InChI=1S/C15H13ClF2O/c1-10-2-4-11(5-3-10)14(16)12-6-8-13(9-7-12)19-15(17)18/h2-9,14-15H,1H3. The minimum absolute atomic E-state index is 0.131. The molecular weight excluding hydrogens is 270 g/mol. The van der Waals surface area contributed by atoms with Crippen LogP contribution in [0.2, 0.25) is 0 Å². The Labute approximate surface area is 115 Å². The molecule has 0 saturated carbocycles. The Hall–Kier alpha value is -1.61. The first-order chi connectivity index (χ1) is 9.06. The third kappa shape index (κ3) is 3.67. The van der Waals surface area contributed by atoms with Crippen molar-refractivity contribution in [3.63, 3.8) is 0 Å². The number of ether oxygens (including phenoxy) is 1. The minimum Gasteiger partial charge on any atom is -0.435 e. The van der Waals surface area contributed by atoms with E-state index in [-0.39, 0.29) is 11.1 Å². The van der Waals surface area contributed by atoms with Crippen LogP contribution in [-0.4, -0.2) is 6.61 Å². The van der Waals surface area contributed by atoms with Gasteiger partial charge in [0.25, 0.3) is 0 Å². The molecule has 100 valence electrons. The van der Waals surface area contributed by atoms with Crippen LogP contribution in [0.25, 0.3) is 0 Å². The van der Waals surface area contributed by atoms with E-state index in [2.05, 4.69) is 4.74 Å². The molecule has 0 aliphatic carbocycles. The fourth-order valence-corrected chi connectivity index (χ4v) is 2.04. The lowest BCUT2D eigenvalue weighted by molar-refractivity contribution is -0.0498. The van der Waals surface area contributed by atoms with Gasteiger partial charge in [-0.05, 0) is 30.2 Å². The second-order valence-electron chi connectivity index (χ2n) is 4.22. The maximum Gasteiger partial charge on any atom is 0.387 e. The zero-order chi connectivity index (χ0) is 13.8. The van der Waals surface area contributed by atoms with Crippen LogP contribution in [0.4, 0.5) is 8.78 Å². The summed E-state index contributed by atoms with van der Waals surface area (Å²) in [4.78, 5) is 0. The molecule has 4 heteroatoms. The highest BCUT2D eigenvalue weighted by Gasteiger charge is 2.11. The molecule has 0 aliphatic rings. The van der Waals surface area contributed by atoms with E-state index in [4.69, 9.17) is 11.6 Å². The van der Waals surface area contributed by atoms with E-state index in [0.717, 1.165) is 16.7 Å². The molecule has 0 spiro atoms. The summed E-state index contributed by atoms with van der Waals surface area (Å²) in [6, 6.07) is 14.2. The summed E-state index contributed by atoms with van der Waals surface area (Å²) in [7, 11) is 0. The number of hydrogen-bond acceptors (Lipinski definition) is 1. The van der Waals surface area contributed by atoms with Gasteiger partial charge in [-0.2, -0.15) is 8.78 Å². The third-order valence-corrected chi connectivity index (χ3v) is 3.27. The highest BCUT2D eigenvalue weighted by atomic mass is 35.5. The van der Waals surface area contributed by atoms with Crippen LogP contribution >= 0.6 is 11.6 Å². The van der Waals surface area contributed by atoms with E-state index in [1.807, 2.05) is 31.2 Å². The molecule has 0 heterocycles. The molecule has 0 fully saturated rings. The Morgan fingerprint density at radius 1 is 0.895 bits per heavy atom. The van der Waals surface area contributed by atoms with Crippen molar-refractivity contribution in [2.75, 3.05) is 0 Å². The average molecular weight is 283 g/mol. The van der Waals surface area contributed by atoms with Gasteiger partial charge in [-0.1, -0.05) is 42.0 Å². The van der Waals surface area contributed by atoms with Crippen LogP contribution in [0, 0.1) is 6.92 Å². The molecule has 0 aromatic heterocycles. The fourth-order valence-electron chi connectivity index (χ4n) is 1.75. The maximum absolute atomic E-state index is 12.0. The predicted octanol–water partition coefficient (Wildman–Crippen LogP) is 4.92. The second-order valence-corrected chi connectivity index (χ2v) is 4.66. The van der Waals surface area contributed by atoms with Gasteiger partial charge >= 0.3 is 6.61 Å². The summed E-state index contributed by atoms with van der Waals surface area (Å²) < 4.78 is 28.4. The molecule has 1 nitrogen and oxygen atoms in total. The van der Waals surface area contributed by atoms with E-state index in [1.165, 1.54) is 12.1 Å². The summed E-state index contributed by atoms with van der Waals surface area (Å²) >= 11 is 6.35. The normalized spacial score (nSPS) is 12.5. The van der Waals surface area contributed by atoms with Gasteiger partial charge in [0.15, 0.2) is 0 Å². The highest BCUT2D eigenvalue weighted by Crippen LogP contribution is 2.30. The van der Waals surface area contributed by atoms with Crippen molar-refractivity contribution in [2.24, 2.45) is 0 Å². The van der Waals surface area contributed by atoms with Gasteiger partial charge in [0.2, 0.25) is 0 Å².